The molecular formula is C21H38N2O3. The highest BCUT2D eigenvalue weighted by Crippen LogP contribution is 2.34. The molecule has 2 unspecified atom stereocenters. The predicted molar refractivity (Wildman–Crippen MR) is 104 cm³/mol. The van der Waals surface area contributed by atoms with Gasteiger partial charge in [0, 0.05) is 7.11 Å². The van der Waals surface area contributed by atoms with Crippen LogP contribution < -0.4 is 5.32 Å². The summed E-state index contributed by atoms with van der Waals surface area (Å²) in [5, 5.41) is 20.9. The topological polar surface area (TPSA) is 82.3 Å². The Balaban J connectivity index is 0.000000289. The highest BCUT2D eigenvalue weighted by Gasteiger charge is 2.42. The SMILES string of the molecule is CCCCCCCCCCNC1(C#N)CC1.COC1CCCC1C(=O)O. The van der Waals surface area contributed by atoms with E-state index in [0.717, 1.165) is 38.6 Å². The molecular weight excluding hydrogens is 328 g/mol. The molecule has 0 heterocycles. The van der Waals surface area contributed by atoms with Gasteiger partial charge in [-0.25, -0.2) is 0 Å². The van der Waals surface area contributed by atoms with Gasteiger partial charge in [0.25, 0.3) is 0 Å². The third-order valence-electron chi connectivity index (χ3n) is 5.53. The number of nitriles is 1. The quantitative estimate of drug-likeness (QED) is 0.491. The summed E-state index contributed by atoms with van der Waals surface area (Å²) in [5.74, 6) is -0.977. The number of ether oxygens (including phenoxy) is 1. The third kappa shape index (κ3) is 9.00. The first-order valence-corrected chi connectivity index (χ1v) is 10.5. The van der Waals surface area contributed by atoms with Crippen molar-refractivity contribution in [1.29, 1.82) is 5.26 Å². The number of methoxy groups -OCH3 is 1. The minimum atomic E-state index is -0.718. The Morgan fingerprint density at radius 1 is 1.15 bits per heavy atom. The van der Waals surface area contributed by atoms with Crippen LogP contribution in [0.5, 0.6) is 0 Å². The molecule has 0 aromatic rings. The minimum Gasteiger partial charge on any atom is -0.481 e. The molecule has 0 amide bonds. The van der Waals surface area contributed by atoms with Crippen molar-refractivity contribution in [3.05, 3.63) is 0 Å². The number of aliphatic carboxylic acids is 1. The van der Waals surface area contributed by atoms with E-state index in [2.05, 4.69) is 18.3 Å². The van der Waals surface area contributed by atoms with Crippen LogP contribution in [0.2, 0.25) is 0 Å². The average Bonchev–Trinajstić information content (AvgIpc) is 3.26. The Morgan fingerprint density at radius 3 is 2.23 bits per heavy atom. The van der Waals surface area contributed by atoms with Crippen molar-refractivity contribution in [2.75, 3.05) is 13.7 Å². The molecule has 2 atom stereocenters. The highest BCUT2D eigenvalue weighted by atomic mass is 16.5. The normalized spacial score (nSPS) is 23.0. The average molecular weight is 367 g/mol. The van der Waals surface area contributed by atoms with Gasteiger partial charge in [-0.1, -0.05) is 51.9 Å². The van der Waals surface area contributed by atoms with Gasteiger partial charge in [0.05, 0.1) is 18.1 Å². The summed E-state index contributed by atoms with van der Waals surface area (Å²) in [6.07, 6.45) is 15.6. The second-order valence-electron chi connectivity index (χ2n) is 7.75. The molecule has 2 aliphatic rings. The maximum Gasteiger partial charge on any atom is 0.309 e. The Bertz CT molecular complexity index is 429. The second-order valence-corrected chi connectivity index (χ2v) is 7.75. The summed E-state index contributed by atoms with van der Waals surface area (Å²) >= 11 is 0. The van der Waals surface area contributed by atoms with Gasteiger partial charge in [-0.2, -0.15) is 5.26 Å². The number of rotatable bonds is 12. The Kier molecular flexibility index (Phi) is 11.6. The van der Waals surface area contributed by atoms with Crippen LogP contribution in [-0.2, 0) is 9.53 Å². The molecule has 2 fully saturated rings. The van der Waals surface area contributed by atoms with Crippen molar-refractivity contribution >= 4 is 5.97 Å². The fourth-order valence-corrected chi connectivity index (χ4v) is 3.53. The number of hydrogen-bond donors (Lipinski definition) is 2. The summed E-state index contributed by atoms with van der Waals surface area (Å²) in [7, 11) is 1.58. The van der Waals surface area contributed by atoms with Gasteiger partial charge in [0.1, 0.15) is 5.54 Å². The summed E-state index contributed by atoms with van der Waals surface area (Å²) in [4.78, 5) is 10.5. The van der Waals surface area contributed by atoms with Crippen LogP contribution in [0.4, 0.5) is 0 Å². The van der Waals surface area contributed by atoms with Gasteiger partial charge in [0.2, 0.25) is 0 Å². The van der Waals surface area contributed by atoms with E-state index in [0.29, 0.717) is 0 Å². The van der Waals surface area contributed by atoms with Crippen LogP contribution in [0.1, 0.15) is 90.4 Å². The van der Waals surface area contributed by atoms with Crippen molar-refractivity contribution < 1.29 is 14.6 Å². The van der Waals surface area contributed by atoms with Crippen molar-refractivity contribution in [2.24, 2.45) is 5.92 Å². The molecule has 0 aliphatic heterocycles. The van der Waals surface area contributed by atoms with E-state index < -0.39 is 5.97 Å². The van der Waals surface area contributed by atoms with E-state index in [4.69, 9.17) is 15.1 Å². The second kappa shape index (κ2) is 13.1. The first-order chi connectivity index (χ1) is 12.6. The molecule has 2 saturated carbocycles. The number of nitrogens with zero attached hydrogens (tertiary/aromatic N) is 1. The molecule has 0 saturated heterocycles. The highest BCUT2D eigenvalue weighted by molar-refractivity contribution is 5.71. The van der Waals surface area contributed by atoms with Gasteiger partial charge in [-0.3, -0.25) is 10.1 Å². The van der Waals surface area contributed by atoms with Gasteiger partial charge < -0.3 is 9.84 Å². The van der Waals surface area contributed by atoms with Crippen LogP contribution >= 0.6 is 0 Å². The van der Waals surface area contributed by atoms with E-state index in [-0.39, 0.29) is 17.6 Å². The maximum atomic E-state index is 10.5. The van der Waals surface area contributed by atoms with Crippen LogP contribution in [0.3, 0.4) is 0 Å². The largest absolute Gasteiger partial charge is 0.481 e. The first kappa shape index (κ1) is 22.9. The lowest BCUT2D eigenvalue weighted by atomic mass is 10.1. The summed E-state index contributed by atoms with van der Waals surface area (Å²) in [5.41, 5.74) is -0.110. The molecule has 0 aromatic carbocycles. The molecule has 0 bridgehead atoms. The zero-order valence-corrected chi connectivity index (χ0v) is 16.8. The standard InChI is InChI=1S/C14H26N2.C7H12O3/c1-2-3-4-5-6-7-8-9-12-16-14(13-15)10-11-14;1-10-6-4-2-3-5(6)7(8)9/h16H,2-12H2,1H3;5-6H,2-4H2,1H3,(H,8,9). The summed E-state index contributed by atoms with van der Waals surface area (Å²) in [6.45, 7) is 3.29. The summed E-state index contributed by atoms with van der Waals surface area (Å²) < 4.78 is 5.00. The molecule has 150 valence electrons. The van der Waals surface area contributed by atoms with Gasteiger partial charge in [-0.05, 0) is 45.1 Å². The molecule has 5 nitrogen and oxygen atoms in total. The lowest BCUT2D eigenvalue weighted by Gasteiger charge is -2.12. The van der Waals surface area contributed by atoms with Crippen molar-refractivity contribution in [3.8, 4) is 6.07 Å². The molecule has 0 aromatic heterocycles. The van der Waals surface area contributed by atoms with Gasteiger partial charge >= 0.3 is 5.97 Å². The van der Waals surface area contributed by atoms with Gasteiger partial charge in [0.15, 0.2) is 0 Å². The van der Waals surface area contributed by atoms with Gasteiger partial charge in [-0.15, -0.1) is 0 Å². The van der Waals surface area contributed by atoms with Crippen LogP contribution in [0.25, 0.3) is 0 Å². The maximum absolute atomic E-state index is 10.5. The van der Waals surface area contributed by atoms with E-state index in [1.165, 1.54) is 51.4 Å². The van der Waals surface area contributed by atoms with Crippen LogP contribution in [0.15, 0.2) is 0 Å². The minimum absolute atomic E-state index is 0.0440. The zero-order valence-electron chi connectivity index (χ0n) is 16.8. The fraction of sp³-hybridized carbons (Fsp3) is 0.905. The number of carbonyl (C=O) groups is 1. The fourth-order valence-electron chi connectivity index (χ4n) is 3.53. The molecule has 26 heavy (non-hydrogen) atoms. The van der Waals surface area contributed by atoms with E-state index in [9.17, 15) is 4.79 Å². The predicted octanol–water partition coefficient (Wildman–Crippen LogP) is 4.66. The van der Waals surface area contributed by atoms with Crippen molar-refractivity contribution in [2.45, 2.75) is 102 Å². The molecule has 5 heteroatoms. The van der Waals surface area contributed by atoms with Crippen molar-refractivity contribution in [1.82, 2.24) is 5.32 Å². The molecule has 0 spiro atoms. The number of nitrogens with one attached hydrogen (secondary N) is 1. The third-order valence-corrected chi connectivity index (χ3v) is 5.53. The van der Waals surface area contributed by atoms with Crippen molar-refractivity contribution in [3.63, 3.8) is 0 Å². The van der Waals surface area contributed by atoms with E-state index >= 15 is 0 Å². The van der Waals surface area contributed by atoms with Crippen LogP contribution in [-0.4, -0.2) is 36.4 Å². The van der Waals surface area contributed by atoms with Crippen LogP contribution in [0, 0.1) is 17.2 Å². The monoisotopic (exact) mass is 366 g/mol. The Labute approximate surface area is 159 Å². The summed E-state index contributed by atoms with van der Waals surface area (Å²) in [6, 6.07) is 2.37. The Hall–Kier alpha value is -1.12. The number of hydrogen-bond acceptors (Lipinski definition) is 4. The Morgan fingerprint density at radius 2 is 1.77 bits per heavy atom. The smallest absolute Gasteiger partial charge is 0.309 e. The van der Waals surface area contributed by atoms with E-state index in [1.54, 1.807) is 7.11 Å². The molecule has 2 aliphatic carbocycles. The lowest BCUT2D eigenvalue weighted by molar-refractivity contribution is -0.145. The lowest BCUT2D eigenvalue weighted by Crippen LogP contribution is -2.30. The first-order valence-electron chi connectivity index (χ1n) is 10.5. The molecule has 2 N–H and O–H groups in total. The molecule has 2 rings (SSSR count). The zero-order chi connectivity index (χ0) is 19.3. The number of carboxylic acid groups (broad SMARTS) is 1. The van der Waals surface area contributed by atoms with E-state index in [1.807, 2.05) is 0 Å². The molecule has 0 radical (unpaired) electrons. The number of unbranched alkanes of at least 4 members (excludes halogenated alkanes) is 7. The number of carboxylic acids is 1.